The summed E-state index contributed by atoms with van der Waals surface area (Å²) in [5, 5.41) is 2.95. The summed E-state index contributed by atoms with van der Waals surface area (Å²) in [6, 6.07) is 13.8. The van der Waals surface area contributed by atoms with Crippen LogP contribution in [0.5, 0.6) is 17.2 Å². The van der Waals surface area contributed by atoms with Crippen LogP contribution >= 0.6 is 0 Å². The van der Waals surface area contributed by atoms with E-state index in [-0.39, 0.29) is 31.0 Å². The van der Waals surface area contributed by atoms with Crippen molar-refractivity contribution >= 4 is 11.8 Å². The molecule has 2 atom stereocenters. The van der Waals surface area contributed by atoms with Gasteiger partial charge >= 0.3 is 0 Å². The Morgan fingerprint density at radius 2 is 1.42 bits per heavy atom. The van der Waals surface area contributed by atoms with Gasteiger partial charge in [-0.3, -0.25) is 9.59 Å². The van der Waals surface area contributed by atoms with Crippen LogP contribution in [-0.2, 0) is 16.1 Å². The van der Waals surface area contributed by atoms with Gasteiger partial charge in [0.1, 0.15) is 23.3 Å². The van der Waals surface area contributed by atoms with Crippen molar-refractivity contribution in [1.29, 1.82) is 0 Å². The lowest BCUT2D eigenvalue weighted by Crippen LogP contribution is -2.50. The molecule has 7 nitrogen and oxygen atoms in total. The zero-order valence-corrected chi connectivity index (χ0v) is 18.9. The Morgan fingerprint density at radius 3 is 1.94 bits per heavy atom. The first-order valence-corrected chi connectivity index (χ1v) is 10.4. The molecule has 0 aliphatic rings. The van der Waals surface area contributed by atoms with Crippen molar-refractivity contribution in [2.75, 3.05) is 20.8 Å². The molecule has 0 aliphatic heterocycles. The molecule has 168 valence electrons. The molecule has 2 rings (SSSR count). The molecule has 0 spiro atoms. The minimum absolute atomic E-state index is 0.0310. The van der Waals surface area contributed by atoms with Crippen LogP contribution in [0.1, 0.15) is 32.8 Å². The fraction of sp³-hybridized carbons (Fsp3) is 0.417. The van der Waals surface area contributed by atoms with Crippen molar-refractivity contribution < 1.29 is 23.8 Å². The summed E-state index contributed by atoms with van der Waals surface area (Å²) in [6.45, 7) is 5.77. The molecular weight excluding hydrogens is 396 g/mol. The minimum Gasteiger partial charge on any atom is -0.497 e. The number of amides is 2. The van der Waals surface area contributed by atoms with Crippen LogP contribution in [0.2, 0.25) is 0 Å². The van der Waals surface area contributed by atoms with E-state index in [1.807, 2.05) is 38.1 Å². The van der Waals surface area contributed by atoms with E-state index in [0.717, 1.165) is 17.7 Å². The molecule has 0 saturated heterocycles. The SMILES string of the molecule is CC[C@@H](C)NC(=O)[C@H](C)N(Cc1ccc(OC)cc1)C(=O)COc1ccc(OC)cc1. The van der Waals surface area contributed by atoms with Crippen molar-refractivity contribution in [1.82, 2.24) is 10.2 Å². The van der Waals surface area contributed by atoms with E-state index in [1.165, 1.54) is 4.90 Å². The number of rotatable bonds is 11. The predicted molar refractivity (Wildman–Crippen MR) is 119 cm³/mol. The van der Waals surface area contributed by atoms with Gasteiger partial charge in [-0.1, -0.05) is 19.1 Å². The molecule has 2 amide bonds. The van der Waals surface area contributed by atoms with Crippen LogP contribution in [0, 0.1) is 0 Å². The minimum atomic E-state index is -0.650. The second-order valence-electron chi connectivity index (χ2n) is 7.33. The molecule has 0 fully saturated rings. The van der Waals surface area contributed by atoms with Crippen molar-refractivity contribution in [3.63, 3.8) is 0 Å². The van der Waals surface area contributed by atoms with Gasteiger partial charge in [0.2, 0.25) is 5.91 Å². The van der Waals surface area contributed by atoms with E-state index in [9.17, 15) is 9.59 Å². The molecule has 0 saturated carbocycles. The molecule has 0 heterocycles. The third kappa shape index (κ3) is 7.20. The van der Waals surface area contributed by atoms with Gasteiger partial charge < -0.3 is 24.4 Å². The van der Waals surface area contributed by atoms with Gasteiger partial charge in [0.05, 0.1) is 14.2 Å². The molecule has 1 N–H and O–H groups in total. The predicted octanol–water partition coefficient (Wildman–Crippen LogP) is 3.41. The molecule has 0 unspecified atom stereocenters. The number of nitrogens with one attached hydrogen (secondary N) is 1. The summed E-state index contributed by atoms with van der Waals surface area (Å²) in [4.78, 5) is 27.3. The van der Waals surface area contributed by atoms with Gasteiger partial charge in [0.15, 0.2) is 6.61 Å². The van der Waals surface area contributed by atoms with Crippen LogP contribution < -0.4 is 19.5 Å². The van der Waals surface area contributed by atoms with Crippen molar-refractivity contribution in [2.24, 2.45) is 0 Å². The van der Waals surface area contributed by atoms with Crippen molar-refractivity contribution in [3.05, 3.63) is 54.1 Å². The van der Waals surface area contributed by atoms with Gasteiger partial charge in [0.25, 0.3) is 5.91 Å². The molecule has 0 bridgehead atoms. The summed E-state index contributed by atoms with van der Waals surface area (Å²) >= 11 is 0. The highest BCUT2D eigenvalue weighted by Gasteiger charge is 2.27. The van der Waals surface area contributed by atoms with Crippen LogP contribution in [0.15, 0.2) is 48.5 Å². The van der Waals surface area contributed by atoms with Gasteiger partial charge in [-0.2, -0.15) is 0 Å². The molecule has 31 heavy (non-hydrogen) atoms. The maximum Gasteiger partial charge on any atom is 0.261 e. The van der Waals surface area contributed by atoms with Gasteiger partial charge in [-0.05, 0) is 62.2 Å². The smallest absolute Gasteiger partial charge is 0.261 e. The highest BCUT2D eigenvalue weighted by Crippen LogP contribution is 2.18. The Hall–Kier alpha value is -3.22. The van der Waals surface area contributed by atoms with E-state index in [0.29, 0.717) is 11.5 Å². The number of hydrogen-bond donors (Lipinski definition) is 1. The van der Waals surface area contributed by atoms with Gasteiger partial charge in [-0.25, -0.2) is 0 Å². The number of benzene rings is 2. The number of nitrogens with zero attached hydrogens (tertiary/aromatic N) is 1. The van der Waals surface area contributed by atoms with E-state index in [1.54, 1.807) is 45.4 Å². The summed E-state index contributed by atoms with van der Waals surface area (Å²) in [5.74, 6) is 1.51. The van der Waals surface area contributed by atoms with Crippen molar-refractivity contribution in [3.8, 4) is 17.2 Å². The summed E-state index contributed by atoms with van der Waals surface area (Å²) in [7, 11) is 3.19. The van der Waals surface area contributed by atoms with Crippen LogP contribution in [-0.4, -0.2) is 49.6 Å². The number of hydrogen-bond acceptors (Lipinski definition) is 5. The number of ether oxygens (including phenoxy) is 3. The summed E-state index contributed by atoms with van der Waals surface area (Å²) < 4.78 is 16.0. The van der Waals surface area contributed by atoms with E-state index in [2.05, 4.69) is 5.32 Å². The molecule has 2 aromatic carbocycles. The average molecular weight is 429 g/mol. The monoisotopic (exact) mass is 428 g/mol. The Balaban J connectivity index is 2.13. The van der Waals surface area contributed by atoms with E-state index >= 15 is 0 Å². The second kappa shape index (κ2) is 11.8. The fourth-order valence-corrected chi connectivity index (χ4v) is 2.88. The molecule has 0 aliphatic carbocycles. The van der Waals surface area contributed by atoms with Crippen LogP contribution in [0.3, 0.4) is 0 Å². The topological polar surface area (TPSA) is 77.1 Å². The fourth-order valence-electron chi connectivity index (χ4n) is 2.88. The third-order valence-electron chi connectivity index (χ3n) is 5.10. The number of carbonyl (C=O) groups is 2. The second-order valence-corrected chi connectivity index (χ2v) is 7.33. The lowest BCUT2D eigenvalue weighted by atomic mass is 10.1. The normalized spacial score (nSPS) is 12.4. The first-order valence-electron chi connectivity index (χ1n) is 10.4. The maximum atomic E-state index is 13.0. The molecule has 2 aromatic rings. The van der Waals surface area contributed by atoms with Crippen molar-refractivity contribution in [2.45, 2.75) is 45.8 Å². The Labute approximate surface area is 184 Å². The van der Waals surface area contributed by atoms with Gasteiger partial charge in [0, 0.05) is 12.6 Å². The number of methoxy groups -OCH3 is 2. The summed E-state index contributed by atoms with van der Waals surface area (Å²) in [6.07, 6.45) is 0.811. The quantitative estimate of drug-likeness (QED) is 0.594. The first kappa shape index (κ1) is 24.1. The van der Waals surface area contributed by atoms with E-state index < -0.39 is 6.04 Å². The largest absolute Gasteiger partial charge is 0.497 e. The number of carbonyl (C=O) groups excluding carboxylic acids is 2. The first-order chi connectivity index (χ1) is 14.9. The third-order valence-corrected chi connectivity index (χ3v) is 5.10. The van der Waals surface area contributed by atoms with Crippen LogP contribution in [0.4, 0.5) is 0 Å². The maximum absolute atomic E-state index is 13.0. The average Bonchev–Trinajstić information content (AvgIpc) is 2.81. The lowest BCUT2D eigenvalue weighted by molar-refractivity contribution is -0.142. The molecule has 0 aromatic heterocycles. The molecule has 0 radical (unpaired) electrons. The van der Waals surface area contributed by atoms with Crippen LogP contribution in [0.25, 0.3) is 0 Å². The summed E-state index contributed by atoms with van der Waals surface area (Å²) in [5.41, 5.74) is 0.891. The zero-order chi connectivity index (χ0) is 22.8. The Morgan fingerprint density at radius 1 is 0.903 bits per heavy atom. The highest BCUT2D eigenvalue weighted by molar-refractivity contribution is 5.88. The van der Waals surface area contributed by atoms with Gasteiger partial charge in [-0.15, -0.1) is 0 Å². The zero-order valence-electron chi connectivity index (χ0n) is 18.9. The molecular formula is C24H32N2O5. The molecule has 7 heteroatoms. The van der Waals surface area contributed by atoms with E-state index in [4.69, 9.17) is 14.2 Å². The lowest BCUT2D eigenvalue weighted by Gasteiger charge is -2.29. The Kier molecular flexibility index (Phi) is 9.18. The highest BCUT2D eigenvalue weighted by atomic mass is 16.5. The standard InChI is InChI=1S/C24H32N2O5/c1-6-17(2)25-24(28)18(3)26(15-19-7-9-20(29-4)10-8-19)23(27)16-31-22-13-11-21(30-5)12-14-22/h7-14,17-18H,6,15-16H2,1-5H3,(H,25,28)/t17-,18+/m1/s1. The Bertz CT molecular complexity index is 836.